The Morgan fingerprint density at radius 1 is 1.37 bits per heavy atom. The normalized spacial score (nSPS) is 10.2. The summed E-state index contributed by atoms with van der Waals surface area (Å²) in [7, 11) is 0. The van der Waals surface area contributed by atoms with Crippen LogP contribution in [0.1, 0.15) is 21.6 Å². The Balaban J connectivity index is 2.19. The molecule has 0 fully saturated rings. The smallest absolute Gasteiger partial charge is 0.337 e. The van der Waals surface area contributed by atoms with Gasteiger partial charge >= 0.3 is 5.97 Å². The molecule has 19 heavy (non-hydrogen) atoms. The summed E-state index contributed by atoms with van der Waals surface area (Å²) in [6.45, 7) is 2.39. The predicted molar refractivity (Wildman–Crippen MR) is 74.1 cm³/mol. The maximum atomic E-state index is 11.1. The van der Waals surface area contributed by atoms with Gasteiger partial charge in [0.15, 0.2) is 0 Å². The summed E-state index contributed by atoms with van der Waals surface area (Å²) in [5, 5.41) is 12.2. The van der Waals surface area contributed by atoms with E-state index in [9.17, 15) is 4.79 Å². The summed E-state index contributed by atoms with van der Waals surface area (Å²) in [6.07, 6.45) is 1.75. The Morgan fingerprint density at radius 3 is 2.79 bits per heavy atom. The number of benzene rings is 1. The highest BCUT2D eigenvalue weighted by atomic mass is 16.4. The molecule has 2 aromatic rings. The molecule has 1 aromatic heterocycles. The molecule has 0 aliphatic heterocycles. The number of carboxylic acids is 1. The highest BCUT2D eigenvalue weighted by molar-refractivity contribution is 5.97. The second-order valence-corrected chi connectivity index (χ2v) is 4.24. The fourth-order valence-corrected chi connectivity index (χ4v) is 1.74. The Labute approximate surface area is 111 Å². The van der Waals surface area contributed by atoms with Crippen LogP contribution >= 0.6 is 0 Å². The zero-order valence-electron chi connectivity index (χ0n) is 10.6. The van der Waals surface area contributed by atoms with E-state index in [1.165, 1.54) is 6.07 Å². The molecule has 0 bridgehead atoms. The summed E-state index contributed by atoms with van der Waals surface area (Å²) >= 11 is 0. The van der Waals surface area contributed by atoms with E-state index in [-0.39, 0.29) is 5.56 Å². The lowest BCUT2D eigenvalue weighted by atomic mass is 10.1. The molecule has 2 rings (SSSR count). The minimum Gasteiger partial charge on any atom is -0.478 e. The number of hydrogen-bond acceptors (Lipinski definition) is 4. The van der Waals surface area contributed by atoms with E-state index in [4.69, 9.17) is 10.8 Å². The van der Waals surface area contributed by atoms with Crippen molar-refractivity contribution < 1.29 is 9.90 Å². The average molecular weight is 257 g/mol. The first-order valence-corrected chi connectivity index (χ1v) is 5.85. The Kier molecular flexibility index (Phi) is 3.66. The van der Waals surface area contributed by atoms with Crippen LogP contribution in [-0.2, 0) is 6.54 Å². The molecular weight excluding hydrogens is 242 g/mol. The molecule has 0 aliphatic rings. The number of aromatic nitrogens is 1. The zero-order valence-corrected chi connectivity index (χ0v) is 10.6. The van der Waals surface area contributed by atoms with Gasteiger partial charge in [0.2, 0.25) is 0 Å². The number of carbonyl (C=O) groups is 1. The van der Waals surface area contributed by atoms with Crippen molar-refractivity contribution in [2.45, 2.75) is 13.5 Å². The van der Waals surface area contributed by atoms with Crippen molar-refractivity contribution in [1.82, 2.24) is 4.98 Å². The van der Waals surface area contributed by atoms with Gasteiger partial charge in [-0.2, -0.15) is 0 Å². The monoisotopic (exact) mass is 257 g/mol. The molecule has 0 spiro atoms. The molecule has 0 saturated carbocycles. The molecule has 0 unspecified atom stereocenters. The number of hydrogen-bond donors (Lipinski definition) is 3. The molecule has 4 N–H and O–H groups in total. The number of para-hydroxylation sites is 1. The number of aromatic carboxylic acids is 1. The number of aryl methyl sites for hydroxylation is 1. The molecule has 0 atom stereocenters. The van der Waals surface area contributed by atoms with Crippen molar-refractivity contribution >= 4 is 17.3 Å². The Morgan fingerprint density at radius 2 is 2.16 bits per heavy atom. The van der Waals surface area contributed by atoms with Crippen molar-refractivity contribution in [3.8, 4) is 0 Å². The maximum Gasteiger partial charge on any atom is 0.337 e. The first-order chi connectivity index (χ1) is 9.08. The van der Waals surface area contributed by atoms with Gasteiger partial charge in [0.1, 0.15) is 0 Å². The molecule has 0 saturated heterocycles. The van der Waals surface area contributed by atoms with Crippen LogP contribution in [0.5, 0.6) is 0 Å². The van der Waals surface area contributed by atoms with E-state index in [1.54, 1.807) is 18.3 Å². The molecular formula is C14H15N3O2. The van der Waals surface area contributed by atoms with Crippen molar-refractivity contribution in [3.63, 3.8) is 0 Å². The van der Waals surface area contributed by atoms with Crippen LogP contribution in [0.3, 0.4) is 0 Å². The number of nitrogens with zero attached hydrogens (tertiary/aromatic N) is 1. The van der Waals surface area contributed by atoms with Gasteiger partial charge in [-0.25, -0.2) is 4.79 Å². The first-order valence-electron chi connectivity index (χ1n) is 5.85. The predicted octanol–water partition coefficient (Wildman–Crippen LogP) is 2.28. The molecule has 1 heterocycles. The third-order valence-electron chi connectivity index (χ3n) is 2.77. The van der Waals surface area contributed by atoms with Crippen LogP contribution < -0.4 is 11.1 Å². The molecule has 98 valence electrons. The number of nitrogen functional groups attached to an aromatic ring is 1. The number of pyridine rings is 1. The Hall–Kier alpha value is -2.56. The first kappa shape index (κ1) is 12.9. The highest BCUT2D eigenvalue weighted by Crippen LogP contribution is 2.24. The molecule has 0 aliphatic carbocycles. The van der Waals surface area contributed by atoms with E-state index in [1.807, 2.05) is 19.1 Å². The van der Waals surface area contributed by atoms with Gasteiger partial charge in [-0.1, -0.05) is 12.1 Å². The molecule has 1 aromatic carbocycles. The topological polar surface area (TPSA) is 88.2 Å². The largest absolute Gasteiger partial charge is 0.478 e. The number of carboxylic acid groups (broad SMARTS) is 1. The van der Waals surface area contributed by atoms with E-state index < -0.39 is 5.97 Å². The fourth-order valence-electron chi connectivity index (χ4n) is 1.74. The van der Waals surface area contributed by atoms with E-state index in [0.717, 1.165) is 11.3 Å². The summed E-state index contributed by atoms with van der Waals surface area (Å²) < 4.78 is 0. The van der Waals surface area contributed by atoms with Gasteiger partial charge in [-0.15, -0.1) is 0 Å². The average Bonchev–Trinajstić information content (AvgIpc) is 2.39. The van der Waals surface area contributed by atoms with Gasteiger partial charge in [0.05, 0.1) is 16.9 Å². The van der Waals surface area contributed by atoms with Crippen LogP contribution in [0.2, 0.25) is 0 Å². The summed E-state index contributed by atoms with van der Waals surface area (Å²) in [5.41, 5.74) is 8.73. The van der Waals surface area contributed by atoms with Crippen LogP contribution in [0, 0.1) is 6.92 Å². The van der Waals surface area contributed by atoms with Gasteiger partial charge in [-0.05, 0) is 30.7 Å². The number of rotatable bonds is 4. The van der Waals surface area contributed by atoms with Crippen LogP contribution in [0.4, 0.5) is 11.4 Å². The Bertz CT molecular complexity index is 594. The lowest BCUT2D eigenvalue weighted by Crippen LogP contribution is -2.09. The van der Waals surface area contributed by atoms with Gasteiger partial charge in [-0.3, -0.25) is 4.98 Å². The van der Waals surface area contributed by atoms with Gasteiger partial charge in [0, 0.05) is 18.4 Å². The van der Waals surface area contributed by atoms with Crippen molar-refractivity contribution in [1.29, 1.82) is 0 Å². The minimum atomic E-state index is -1.00. The molecule has 0 radical (unpaired) electrons. The molecule has 5 nitrogen and oxygen atoms in total. The number of nitrogens with two attached hydrogens (primary N) is 1. The lowest BCUT2D eigenvalue weighted by Gasteiger charge is -2.12. The minimum absolute atomic E-state index is 0.167. The standard InChI is InChI=1S/C14H15N3O2/c1-9-5-6-10(7-16-9)8-17-13-11(14(18)19)3-2-4-12(13)15/h2-7,17H,8,15H2,1H3,(H,18,19). The quantitative estimate of drug-likeness (QED) is 0.731. The summed E-state index contributed by atoms with van der Waals surface area (Å²) in [6, 6.07) is 8.66. The van der Waals surface area contributed by atoms with Crippen molar-refractivity contribution in [2.75, 3.05) is 11.1 Å². The van der Waals surface area contributed by atoms with Gasteiger partial charge in [0.25, 0.3) is 0 Å². The van der Waals surface area contributed by atoms with E-state index in [0.29, 0.717) is 17.9 Å². The highest BCUT2D eigenvalue weighted by Gasteiger charge is 2.12. The summed E-state index contributed by atoms with van der Waals surface area (Å²) in [4.78, 5) is 15.3. The lowest BCUT2D eigenvalue weighted by molar-refractivity contribution is 0.0698. The van der Waals surface area contributed by atoms with Crippen LogP contribution in [0.15, 0.2) is 36.5 Å². The molecule has 5 heteroatoms. The van der Waals surface area contributed by atoms with Crippen LogP contribution in [-0.4, -0.2) is 16.1 Å². The van der Waals surface area contributed by atoms with Crippen molar-refractivity contribution in [3.05, 3.63) is 53.3 Å². The second-order valence-electron chi connectivity index (χ2n) is 4.24. The number of nitrogens with one attached hydrogen (secondary N) is 1. The van der Waals surface area contributed by atoms with E-state index in [2.05, 4.69) is 10.3 Å². The van der Waals surface area contributed by atoms with Crippen molar-refractivity contribution in [2.24, 2.45) is 0 Å². The molecule has 0 amide bonds. The third-order valence-corrected chi connectivity index (χ3v) is 2.77. The fraction of sp³-hybridized carbons (Fsp3) is 0.143. The summed E-state index contributed by atoms with van der Waals surface area (Å²) in [5.74, 6) is -1.00. The van der Waals surface area contributed by atoms with Gasteiger partial charge < -0.3 is 16.2 Å². The maximum absolute atomic E-state index is 11.1. The zero-order chi connectivity index (χ0) is 13.8. The van der Waals surface area contributed by atoms with Crippen LogP contribution in [0.25, 0.3) is 0 Å². The van der Waals surface area contributed by atoms with E-state index >= 15 is 0 Å². The number of anilines is 2. The second kappa shape index (κ2) is 5.39. The third kappa shape index (κ3) is 3.01. The SMILES string of the molecule is Cc1ccc(CNc2c(N)cccc2C(=O)O)cn1.